The van der Waals surface area contributed by atoms with Gasteiger partial charge in [-0.3, -0.25) is 0 Å². The van der Waals surface area contributed by atoms with Crippen molar-refractivity contribution in [2.24, 2.45) is 5.92 Å². The number of allylic oxidation sites excluding steroid dienone is 1. The van der Waals surface area contributed by atoms with Crippen LogP contribution in [0.3, 0.4) is 0 Å². The van der Waals surface area contributed by atoms with Gasteiger partial charge >= 0.3 is 0 Å². The molecular formula is C8H11NO. The molecule has 0 amide bonds. The molecule has 1 saturated carbocycles. The van der Waals surface area contributed by atoms with Gasteiger partial charge in [-0.05, 0) is 24.3 Å². The summed E-state index contributed by atoms with van der Waals surface area (Å²) in [5.41, 5.74) is 1.16. The second kappa shape index (κ2) is 3.38. The van der Waals surface area contributed by atoms with Crippen LogP contribution in [0, 0.1) is 17.2 Å². The number of nitriles is 1. The third-order valence-corrected chi connectivity index (χ3v) is 1.66. The topological polar surface area (TPSA) is 33.0 Å². The van der Waals surface area contributed by atoms with Crippen molar-refractivity contribution in [3.63, 3.8) is 0 Å². The van der Waals surface area contributed by atoms with E-state index in [0.717, 1.165) is 5.57 Å². The number of nitrogens with zero attached hydrogens (tertiary/aromatic N) is 1. The predicted octanol–water partition coefficient (Wildman–Crippen LogP) is 1.49. The third-order valence-electron chi connectivity index (χ3n) is 1.66. The third kappa shape index (κ3) is 1.85. The molecule has 1 rings (SSSR count). The van der Waals surface area contributed by atoms with Gasteiger partial charge in [-0.1, -0.05) is 0 Å². The minimum atomic E-state index is 0.623. The maximum atomic E-state index is 8.36. The summed E-state index contributed by atoms with van der Waals surface area (Å²) in [5.74, 6) is 0.652. The van der Waals surface area contributed by atoms with Crippen LogP contribution in [0.2, 0.25) is 0 Å². The second-order valence-electron chi connectivity index (χ2n) is 2.56. The zero-order valence-corrected chi connectivity index (χ0v) is 6.13. The second-order valence-corrected chi connectivity index (χ2v) is 2.56. The average molecular weight is 137 g/mol. The van der Waals surface area contributed by atoms with Crippen LogP contribution in [-0.2, 0) is 4.74 Å². The summed E-state index contributed by atoms with van der Waals surface area (Å²) in [5, 5.41) is 8.36. The van der Waals surface area contributed by atoms with Gasteiger partial charge in [0.25, 0.3) is 0 Å². The Hall–Kier alpha value is -0.810. The number of ether oxygens (including phenoxy) is 1. The van der Waals surface area contributed by atoms with E-state index < -0.39 is 0 Å². The molecule has 0 N–H and O–H groups in total. The first kappa shape index (κ1) is 7.30. The number of hydrogen-bond acceptors (Lipinski definition) is 2. The normalized spacial score (nSPS) is 18.6. The van der Waals surface area contributed by atoms with Crippen molar-refractivity contribution in [2.75, 3.05) is 13.7 Å². The van der Waals surface area contributed by atoms with E-state index in [1.807, 2.05) is 6.07 Å². The average Bonchev–Trinajstić information content (AvgIpc) is 2.69. The zero-order chi connectivity index (χ0) is 7.40. The Kier molecular flexibility index (Phi) is 2.47. The van der Waals surface area contributed by atoms with Crippen molar-refractivity contribution in [3.05, 3.63) is 11.6 Å². The van der Waals surface area contributed by atoms with Gasteiger partial charge in [-0.15, -0.1) is 0 Å². The fourth-order valence-corrected chi connectivity index (χ4v) is 0.981. The number of methoxy groups -OCH3 is 1. The van der Waals surface area contributed by atoms with Crippen LogP contribution < -0.4 is 0 Å². The van der Waals surface area contributed by atoms with E-state index >= 15 is 0 Å². The van der Waals surface area contributed by atoms with E-state index in [1.165, 1.54) is 12.8 Å². The van der Waals surface area contributed by atoms with Gasteiger partial charge < -0.3 is 4.74 Å². The van der Waals surface area contributed by atoms with Crippen molar-refractivity contribution >= 4 is 0 Å². The first-order valence-electron chi connectivity index (χ1n) is 3.46. The van der Waals surface area contributed by atoms with E-state index in [-0.39, 0.29) is 0 Å². The molecule has 0 unspecified atom stereocenters. The molecule has 0 aliphatic heterocycles. The molecule has 10 heavy (non-hydrogen) atoms. The molecular weight excluding hydrogens is 126 g/mol. The zero-order valence-electron chi connectivity index (χ0n) is 6.13. The monoisotopic (exact) mass is 137 g/mol. The van der Waals surface area contributed by atoms with Crippen LogP contribution in [-0.4, -0.2) is 13.7 Å². The molecule has 1 aliphatic carbocycles. The van der Waals surface area contributed by atoms with Crippen LogP contribution in [0.15, 0.2) is 11.6 Å². The predicted molar refractivity (Wildman–Crippen MR) is 38.3 cm³/mol. The van der Waals surface area contributed by atoms with Crippen LogP contribution in [0.1, 0.15) is 12.8 Å². The van der Waals surface area contributed by atoms with Gasteiger partial charge in [0.1, 0.15) is 0 Å². The highest BCUT2D eigenvalue weighted by Gasteiger charge is 2.25. The lowest BCUT2D eigenvalue weighted by Crippen LogP contribution is -1.95. The molecule has 0 radical (unpaired) electrons. The fourth-order valence-electron chi connectivity index (χ4n) is 0.981. The maximum Gasteiger partial charge on any atom is 0.0912 e. The summed E-state index contributed by atoms with van der Waals surface area (Å²) in [4.78, 5) is 0. The Morgan fingerprint density at radius 3 is 2.90 bits per heavy atom. The van der Waals surface area contributed by atoms with Gasteiger partial charge in [0.15, 0.2) is 0 Å². The summed E-state index contributed by atoms with van der Waals surface area (Å²) in [6.07, 6.45) is 4.08. The highest BCUT2D eigenvalue weighted by Crippen LogP contribution is 2.36. The Balaban J connectivity index is 2.43. The Morgan fingerprint density at radius 1 is 1.80 bits per heavy atom. The summed E-state index contributed by atoms with van der Waals surface area (Å²) >= 11 is 0. The lowest BCUT2D eigenvalue weighted by atomic mass is 10.2. The van der Waals surface area contributed by atoms with E-state index in [2.05, 4.69) is 0 Å². The molecule has 0 spiro atoms. The molecule has 1 fully saturated rings. The molecule has 0 heterocycles. The largest absolute Gasteiger partial charge is 0.380 e. The molecule has 0 aromatic heterocycles. The fraction of sp³-hybridized carbons (Fsp3) is 0.625. The van der Waals surface area contributed by atoms with Gasteiger partial charge in [0.05, 0.1) is 12.7 Å². The first-order valence-corrected chi connectivity index (χ1v) is 3.46. The van der Waals surface area contributed by atoms with Gasteiger partial charge in [-0.25, -0.2) is 0 Å². The number of hydrogen-bond donors (Lipinski definition) is 0. The van der Waals surface area contributed by atoms with Crippen molar-refractivity contribution in [2.45, 2.75) is 12.8 Å². The number of rotatable bonds is 3. The highest BCUT2D eigenvalue weighted by molar-refractivity contribution is 5.20. The summed E-state index contributed by atoms with van der Waals surface area (Å²) in [7, 11) is 1.66. The lowest BCUT2D eigenvalue weighted by Gasteiger charge is -1.99. The molecule has 0 aromatic carbocycles. The lowest BCUT2D eigenvalue weighted by molar-refractivity contribution is 0.221. The van der Waals surface area contributed by atoms with Crippen molar-refractivity contribution in [3.8, 4) is 6.07 Å². The molecule has 0 aromatic rings. The van der Waals surface area contributed by atoms with Crippen LogP contribution >= 0.6 is 0 Å². The minimum Gasteiger partial charge on any atom is -0.380 e. The summed E-state index contributed by atoms with van der Waals surface area (Å²) in [6.45, 7) is 0.623. The minimum absolute atomic E-state index is 0.623. The Labute approximate surface area is 61.1 Å². The maximum absolute atomic E-state index is 8.36. The highest BCUT2D eigenvalue weighted by atomic mass is 16.5. The molecule has 2 nitrogen and oxygen atoms in total. The van der Waals surface area contributed by atoms with Crippen LogP contribution in [0.5, 0.6) is 0 Å². The summed E-state index contributed by atoms with van der Waals surface area (Å²) < 4.78 is 4.94. The van der Waals surface area contributed by atoms with Gasteiger partial charge in [0.2, 0.25) is 0 Å². The smallest absolute Gasteiger partial charge is 0.0912 e. The molecule has 0 saturated heterocycles. The standard InChI is InChI=1S/C8H11NO/c1-10-6-8(4-5-9)7-2-3-7/h4,7H,2-3,6H2,1H3/b8-4+. The van der Waals surface area contributed by atoms with Gasteiger partial charge in [0, 0.05) is 13.2 Å². The van der Waals surface area contributed by atoms with E-state index in [0.29, 0.717) is 12.5 Å². The first-order chi connectivity index (χ1) is 4.88. The molecule has 2 heteroatoms. The molecule has 0 bridgehead atoms. The Bertz CT molecular complexity index is 174. The van der Waals surface area contributed by atoms with E-state index in [4.69, 9.17) is 10.00 Å². The summed E-state index contributed by atoms with van der Waals surface area (Å²) in [6, 6.07) is 2.03. The van der Waals surface area contributed by atoms with Gasteiger partial charge in [-0.2, -0.15) is 5.26 Å². The van der Waals surface area contributed by atoms with Crippen LogP contribution in [0.4, 0.5) is 0 Å². The molecule has 54 valence electrons. The van der Waals surface area contributed by atoms with E-state index in [1.54, 1.807) is 13.2 Å². The molecule has 0 atom stereocenters. The van der Waals surface area contributed by atoms with E-state index in [9.17, 15) is 0 Å². The Morgan fingerprint density at radius 2 is 2.50 bits per heavy atom. The SMILES string of the molecule is COC/C(=C\C#N)C1CC1. The van der Waals surface area contributed by atoms with Crippen molar-refractivity contribution < 1.29 is 4.74 Å². The van der Waals surface area contributed by atoms with Crippen molar-refractivity contribution in [1.82, 2.24) is 0 Å². The van der Waals surface area contributed by atoms with Crippen molar-refractivity contribution in [1.29, 1.82) is 5.26 Å². The quantitative estimate of drug-likeness (QED) is 0.552. The van der Waals surface area contributed by atoms with Crippen LogP contribution in [0.25, 0.3) is 0 Å². The molecule has 1 aliphatic rings.